The van der Waals surface area contributed by atoms with Gasteiger partial charge in [0.15, 0.2) is 11.5 Å². The Hall–Kier alpha value is -1.31. The van der Waals surface area contributed by atoms with Crippen LogP contribution < -0.4 is 20.7 Å². The van der Waals surface area contributed by atoms with Crippen molar-refractivity contribution in [3.8, 4) is 11.5 Å². The molecule has 120 valence electrons. The summed E-state index contributed by atoms with van der Waals surface area (Å²) in [5.74, 6) is 7.16. The summed E-state index contributed by atoms with van der Waals surface area (Å²) in [5.41, 5.74) is 3.57. The monoisotopic (exact) mass is 316 g/mol. The lowest BCUT2D eigenvalue weighted by Crippen LogP contribution is -2.29. The second-order valence-corrected chi connectivity index (χ2v) is 7.15. The first-order valence-electron chi connectivity index (χ1n) is 6.86. The van der Waals surface area contributed by atoms with Gasteiger partial charge in [-0.05, 0) is 18.9 Å². The molecule has 0 aliphatic heterocycles. The van der Waals surface area contributed by atoms with E-state index in [1.165, 1.54) is 0 Å². The van der Waals surface area contributed by atoms with Crippen LogP contribution in [-0.4, -0.2) is 34.1 Å². The first-order chi connectivity index (χ1) is 9.99. The first-order valence-corrected chi connectivity index (χ1v) is 8.68. The topological polar surface area (TPSA) is 90.7 Å². The molecule has 0 radical (unpaired) electrons. The van der Waals surface area contributed by atoms with E-state index >= 15 is 0 Å². The molecule has 7 heteroatoms. The Morgan fingerprint density at radius 2 is 2.00 bits per heavy atom. The molecule has 21 heavy (non-hydrogen) atoms. The van der Waals surface area contributed by atoms with E-state index < -0.39 is 9.84 Å². The lowest BCUT2D eigenvalue weighted by atomic mass is 10.0. The second kappa shape index (κ2) is 8.21. The van der Waals surface area contributed by atoms with Crippen LogP contribution in [0.1, 0.15) is 31.4 Å². The zero-order valence-corrected chi connectivity index (χ0v) is 13.6. The summed E-state index contributed by atoms with van der Waals surface area (Å²) in [5, 5.41) is 0. The average molecular weight is 316 g/mol. The van der Waals surface area contributed by atoms with Gasteiger partial charge < -0.3 is 9.47 Å². The van der Waals surface area contributed by atoms with Crippen molar-refractivity contribution in [1.82, 2.24) is 5.43 Å². The quantitative estimate of drug-likeness (QED) is 0.529. The number of nitrogens with one attached hydrogen (secondary N) is 1. The molecule has 6 nitrogen and oxygen atoms in total. The molecule has 1 aromatic carbocycles. The highest BCUT2D eigenvalue weighted by Gasteiger charge is 2.19. The van der Waals surface area contributed by atoms with Crippen molar-refractivity contribution < 1.29 is 17.9 Å². The number of ether oxygens (including phenoxy) is 2. The number of nitrogens with two attached hydrogens (primary N) is 1. The van der Waals surface area contributed by atoms with E-state index in [0.717, 1.165) is 5.56 Å². The molecule has 0 saturated carbocycles. The van der Waals surface area contributed by atoms with Crippen LogP contribution in [0.4, 0.5) is 0 Å². The molecule has 1 aromatic rings. The minimum absolute atomic E-state index is 0.161. The van der Waals surface area contributed by atoms with E-state index in [-0.39, 0.29) is 17.5 Å². The molecule has 1 unspecified atom stereocenters. The molecule has 0 saturated heterocycles. The molecular formula is C14H24N2O4S. The van der Waals surface area contributed by atoms with Crippen LogP contribution in [0.2, 0.25) is 0 Å². The van der Waals surface area contributed by atoms with Crippen molar-refractivity contribution in [3.05, 3.63) is 23.8 Å². The van der Waals surface area contributed by atoms with Gasteiger partial charge in [0.2, 0.25) is 0 Å². The van der Waals surface area contributed by atoms with E-state index in [4.69, 9.17) is 15.3 Å². The molecule has 3 N–H and O–H groups in total. The molecule has 0 bridgehead atoms. The van der Waals surface area contributed by atoms with Crippen molar-refractivity contribution in [2.45, 2.75) is 25.8 Å². The summed E-state index contributed by atoms with van der Waals surface area (Å²) >= 11 is 0. The Morgan fingerprint density at radius 3 is 2.52 bits per heavy atom. The highest BCUT2D eigenvalue weighted by atomic mass is 32.2. The fourth-order valence-corrected chi connectivity index (χ4v) is 3.06. The molecule has 1 atom stereocenters. The lowest BCUT2D eigenvalue weighted by molar-refractivity contribution is 0.345. The van der Waals surface area contributed by atoms with Crippen molar-refractivity contribution >= 4 is 9.84 Å². The van der Waals surface area contributed by atoms with Gasteiger partial charge in [-0.3, -0.25) is 11.3 Å². The fourth-order valence-electron chi connectivity index (χ4n) is 2.17. The van der Waals surface area contributed by atoms with Gasteiger partial charge in [-0.2, -0.15) is 0 Å². The SMILES string of the molecule is CCS(=O)(=O)CCCC(NN)c1cccc(OC)c1OC. The summed E-state index contributed by atoms with van der Waals surface area (Å²) in [6, 6.07) is 5.35. The number of sulfone groups is 1. The molecule has 0 heterocycles. The van der Waals surface area contributed by atoms with Crippen LogP contribution >= 0.6 is 0 Å². The average Bonchev–Trinajstić information content (AvgIpc) is 2.50. The van der Waals surface area contributed by atoms with Crippen LogP contribution in [0.15, 0.2) is 18.2 Å². The van der Waals surface area contributed by atoms with Gasteiger partial charge in [-0.15, -0.1) is 0 Å². The number of hydrogen-bond acceptors (Lipinski definition) is 6. The molecule has 0 amide bonds. The highest BCUT2D eigenvalue weighted by Crippen LogP contribution is 2.35. The number of benzene rings is 1. The number of rotatable bonds is 9. The predicted octanol–water partition coefficient (Wildman–Crippen LogP) is 1.42. The predicted molar refractivity (Wildman–Crippen MR) is 83.2 cm³/mol. The molecule has 0 aliphatic rings. The number of hydrazine groups is 1. The van der Waals surface area contributed by atoms with Gasteiger partial charge in [0.05, 0.1) is 20.0 Å². The Morgan fingerprint density at radius 1 is 1.29 bits per heavy atom. The Bertz CT molecular complexity index is 546. The zero-order chi connectivity index (χ0) is 15.9. The van der Waals surface area contributed by atoms with Crippen LogP contribution in [0.3, 0.4) is 0 Å². The molecule has 1 rings (SSSR count). The standard InChI is InChI=1S/C14H24N2O4S/c1-4-21(17,18)10-6-8-12(16-15)11-7-5-9-13(19-2)14(11)20-3/h5,7,9,12,16H,4,6,8,10,15H2,1-3H3. The van der Waals surface area contributed by atoms with Crippen molar-refractivity contribution in [2.75, 3.05) is 25.7 Å². The second-order valence-electron chi connectivity index (χ2n) is 4.68. The van der Waals surface area contributed by atoms with E-state index in [0.29, 0.717) is 24.3 Å². The van der Waals surface area contributed by atoms with Crippen molar-refractivity contribution in [1.29, 1.82) is 0 Å². The maximum atomic E-state index is 11.5. The van der Waals surface area contributed by atoms with Gasteiger partial charge in [0.25, 0.3) is 0 Å². The van der Waals surface area contributed by atoms with Crippen LogP contribution in [0.5, 0.6) is 11.5 Å². The number of methoxy groups -OCH3 is 2. The highest BCUT2D eigenvalue weighted by molar-refractivity contribution is 7.91. The fraction of sp³-hybridized carbons (Fsp3) is 0.571. The Labute approximate surface area is 126 Å². The molecule has 0 aliphatic carbocycles. The van der Waals surface area contributed by atoms with E-state index in [2.05, 4.69) is 5.43 Å². The summed E-state index contributed by atoms with van der Waals surface area (Å²) < 4.78 is 33.7. The molecule has 0 fully saturated rings. The molecular weight excluding hydrogens is 292 g/mol. The normalized spacial score (nSPS) is 13.0. The van der Waals surface area contributed by atoms with E-state index in [1.807, 2.05) is 12.1 Å². The molecule has 0 spiro atoms. The van der Waals surface area contributed by atoms with Crippen molar-refractivity contribution in [2.24, 2.45) is 5.84 Å². The summed E-state index contributed by atoms with van der Waals surface area (Å²) in [4.78, 5) is 0. The van der Waals surface area contributed by atoms with E-state index in [9.17, 15) is 8.42 Å². The lowest BCUT2D eigenvalue weighted by Gasteiger charge is -2.20. The minimum Gasteiger partial charge on any atom is -0.493 e. The third kappa shape index (κ3) is 4.87. The number of hydrogen-bond donors (Lipinski definition) is 2. The van der Waals surface area contributed by atoms with Gasteiger partial charge in [-0.25, -0.2) is 8.42 Å². The van der Waals surface area contributed by atoms with Gasteiger partial charge in [-0.1, -0.05) is 19.1 Å². The van der Waals surface area contributed by atoms with Crippen molar-refractivity contribution in [3.63, 3.8) is 0 Å². The largest absolute Gasteiger partial charge is 0.493 e. The van der Waals surface area contributed by atoms with Crippen LogP contribution in [-0.2, 0) is 9.84 Å². The third-order valence-corrected chi connectivity index (χ3v) is 5.19. The Kier molecular flexibility index (Phi) is 6.94. The first kappa shape index (κ1) is 17.7. The summed E-state index contributed by atoms with van der Waals surface area (Å²) in [7, 11) is 0.177. The molecule has 0 aromatic heterocycles. The summed E-state index contributed by atoms with van der Waals surface area (Å²) in [6.45, 7) is 1.65. The van der Waals surface area contributed by atoms with Crippen LogP contribution in [0.25, 0.3) is 0 Å². The Balaban J connectivity index is 2.86. The van der Waals surface area contributed by atoms with Gasteiger partial charge in [0.1, 0.15) is 9.84 Å². The summed E-state index contributed by atoms with van der Waals surface area (Å²) in [6.07, 6.45) is 1.13. The zero-order valence-electron chi connectivity index (χ0n) is 12.8. The minimum atomic E-state index is -2.96. The van der Waals surface area contributed by atoms with E-state index in [1.54, 1.807) is 27.2 Å². The smallest absolute Gasteiger partial charge is 0.165 e. The third-order valence-electron chi connectivity index (χ3n) is 3.40. The maximum Gasteiger partial charge on any atom is 0.165 e. The van der Waals surface area contributed by atoms with Gasteiger partial charge >= 0.3 is 0 Å². The van der Waals surface area contributed by atoms with Crippen LogP contribution in [0, 0.1) is 0 Å². The number of para-hydroxylation sites is 1. The van der Waals surface area contributed by atoms with Gasteiger partial charge in [0, 0.05) is 17.4 Å². The maximum absolute atomic E-state index is 11.5.